The highest BCUT2D eigenvalue weighted by atomic mass is 19.1. The van der Waals surface area contributed by atoms with Crippen LogP contribution in [-0.4, -0.2) is 86.1 Å². The molecule has 1 fully saturated rings. The van der Waals surface area contributed by atoms with E-state index in [0.29, 0.717) is 32.5 Å². The minimum absolute atomic E-state index is 0.142. The number of amides is 3. The number of benzene rings is 3. The van der Waals surface area contributed by atoms with Crippen LogP contribution in [0.15, 0.2) is 79.0 Å². The molecule has 3 aromatic carbocycles. The molecule has 0 radical (unpaired) electrons. The number of hydrogen-bond acceptors (Lipinski definition) is 4. The van der Waals surface area contributed by atoms with Crippen molar-refractivity contribution in [1.29, 1.82) is 0 Å². The fraction of sp³-hybridized carbons (Fsp3) is 0.353. The first-order valence-electron chi connectivity index (χ1n) is 15.0. The summed E-state index contributed by atoms with van der Waals surface area (Å²) in [5, 5.41) is 4.14. The van der Waals surface area contributed by atoms with Gasteiger partial charge in [-0.05, 0) is 74.0 Å². The molecule has 0 spiro atoms. The lowest BCUT2D eigenvalue weighted by Crippen LogP contribution is -2.58. The van der Waals surface area contributed by atoms with E-state index >= 15 is 0 Å². The van der Waals surface area contributed by atoms with E-state index in [4.69, 9.17) is 0 Å². The number of aromatic amines is 1. The van der Waals surface area contributed by atoms with Gasteiger partial charge in [0.05, 0.1) is 0 Å². The van der Waals surface area contributed by atoms with E-state index in [0.717, 1.165) is 53.0 Å². The highest BCUT2D eigenvalue weighted by Crippen LogP contribution is 2.32. The monoisotopic (exact) mass is 582 g/mol. The van der Waals surface area contributed by atoms with E-state index in [-0.39, 0.29) is 23.7 Å². The molecule has 2 N–H and O–H groups in total. The van der Waals surface area contributed by atoms with Gasteiger partial charge in [0, 0.05) is 74.2 Å². The predicted molar refractivity (Wildman–Crippen MR) is 169 cm³/mol. The molecule has 4 aromatic rings. The van der Waals surface area contributed by atoms with Gasteiger partial charge in [-0.15, -0.1) is 0 Å². The Morgan fingerprint density at radius 2 is 1.74 bits per heavy atom. The molecule has 1 aromatic heterocycles. The third-order valence-electron chi connectivity index (χ3n) is 8.55. The Morgan fingerprint density at radius 3 is 2.51 bits per heavy atom. The molecule has 0 saturated carbocycles. The Labute approximate surface area is 252 Å². The minimum atomic E-state index is -0.796. The lowest BCUT2D eigenvalue weighted by molar-refractivity contribution is -0.120. The van der Waals surface area contributed by atoms with Crippen molar-refractivity contribution < 1.29 is 14.0 Å². The first-order valence-corrected chi connectivity index (χ1v) is 15.0. The smallest absolute Gasteiger partial charge is 0.318 e. The summed E-state index contributed by atoms with van der Waals surface area (Å²) in [6.07, 6.45) is 2.95. The predicted octanol–water partition coefficient (Wildman–Crippen LogP) is 4.52. The molecular weight excluding hydrogens is 543 g/mol. The van der Waals surface area contributed by atoms with Crippen LogP contribution in [0, 0.1) is 11.7 Å². The van der Waals surface area contributed by atoms with E-state index in [9.17, 15) is 14.0 Å². The van der Waals surface area contributed by atoms with Crippen LogP contribution in [0.3, 0.4) is 0 Å². The lowest BCUT2D eigenvalue weighted by Gasteiger charge is -2.39. The zero-order valence-corrected chi connectivity index (χ0v) is 24.8. The van der Waals surface area contributed by atoms with E-state index in [1.54, 1.807) is 15.9 Å². The van der Waals surface area contributed by atoms with E-state index in [2.05, 4.69) is 32.2 Å². The Balaban J connectivity index is 1.25. The summed E-state index contributed by atoms with van der Waals surface area (Å²) in [7, 11) is 4.01. The Morgan fingerprint density at radius 1 is 1.00 bits per heavy atom. The average Bonchev–Trinajstić information content (AvgIpc) is 3.42. The molecule has 224 valence electrons. The van der Waals surface area contributed by atoms with Crippen LogP contribution in [0.1, 0.15) is 11.1 Å². The quantitative estimate of drug-likeness (QED) is 0.336. The second kappa shape index (κ2) is 12.5. The van der Waals surface area contributed by atoms with Gasteiger partial charge in [-0.2, -0.15) is 0 Å². The maximum atomic E-state index is 14.5. The summed E-state index contributed by atoms with van der Waals surface area (Å²) in [6, 6.07) is 21.8. The van der Waals surface area contributed by atoms with E-state index in [1.807, 2.05) is 62.8 Å². The molecule has 0 bridgehead atoms. The van der Waals surface area contributed by atoms with Gasteiger partial charge in [0.1, 0.15) is 11.9 Å². The molecule has 2 aliphatic heterocycles. The number of carbonyl (C=O) groups excluding carboxylic acids is 2. The second-order valence-electron chi connectivity index (χ2n) is 11.9. The third kappa shape index (κ3) is 6.37. The SMILES string of the molecule is CN(C)CC1Cc2cc(F)ccc2N(C(=O)[C@@H](Cc2c[nH]c3ccccc23)NC(=O)N2CCN(c3ccccc3)CC2)C1. The van der Waals surface area contributed by atoms with Crippen LogP contribution in [0.4, 0.5) is 20.6 Å². The van der Waals surface area contributed by atoms with Gasteiger partial charge in [0.25, 0.3) is 0 Å². The number of hydrogen-bond donors (Lipinski definition) is 2. The number of rotatable bonds is 7. The third-order valence-corrected chi connectivity index (χ3v) is 8.55. The number of nitrogens with one attached hydrogen (secondary N) is 2. The molecule has 2 aliphatic rings. The molecule has 9 heteroatoms. The topological polar surface area (TPSA) is 74.9 Å². The summed E-state index contributed by atoms with van der Waals surface area (Å²) in [4.78, 5) is 39.4. The Hall–Kier alpha value is -4.37. The van der Waals surface area contributed by atoms with Gasteiger partial charge in [-0.1, -0.05) is 36.4 Å². The van der Waals surface area contributed by atoms with E-state index < -0.39 is 6.04 Å². The largest absolute Gasteiger partial charge is 0.368 e. The first-order chi connectivity index (χ1) is 20.9. The zero-order chi connectivity index (χ0) is 29.9. The van der Waals surface area contributed by atoms with Crippen molar-refractivity contribution in [2.75, 3.05) is 63.2 Å². The molecule has 3 amide bonds. The van der Waals surface area contributed by atoms with Crippen LogP contribution < -0.4 is 15.1 Å². The van der Waals surface area contributed by atoms with Gasteiger partial charge in [0.15, 0.2) is 0 Å². The maximum absolute atomic E-state index is 14.5. The van der Waals surface area contributed by atoms with Crippen molar-refractivity contribution in [3.8, 4) is 0 Å². The molecule has 0 aliphatic carbocycles. The first kappa shape index (κ1) is 28.7. The number of anilines is 2. The van der Waals surface area contributed by atoms with Crippen LogP contribution in [-0.2, 0) is 17.6 Å². The van der Waals surface area contributed by atoms with Crippen molar-refractivity contribution in [3.05, 3.63) is 95.9 Å². The Kier molecular flexibility index (Phi) is 8.33. The number of carbonyl (C=O) groups is 2. The molecule has 3 heterocycles. The molecular formula is C34H39FN6O2. The second-order valence-corrected chi connectivity index (χ2v) is 11.9. The molecule has 43 heavy (non-hydrogen) atoms. The van der Waals surface area contributed by atoms with Crippen molar-refractivity contribution in [3.63, 3.8) is 0 Å². The van der Waals surface area contributed by atoms with Crippen molar-refractivity contribution in [2.45, 2.75) is 18.9 Å². The van der Waals surface area contributed by atoms with Gasteiger partial charge in [-0.3, -0.25) is 4.79 Å². The number of piperazine rings is 1. The van der Waals surface area contributed by atoms with E-state index in [1.165, 1.54) is 12.1 Å². The van der Waals surface area contributed by atoms with Gasteiger partial charge < -0.3 is 29.9 Å². The molecule has 1 unspecified atom stereocenters. The number of halogens is 1. The highest BCUT2D eigenvalue weighted by Gasteiger charge is 2.35. The summed E-state index contributed by atoms with van der Waals surface area (Å²) in [6.45, 7) is 3.83. The number of fused-ring (bicyclic) bond motifs is 2. The Bertz CT molecular complexity index is 1580. The molecule has 1 saturated heterocycles. The van der Waals surface area contributed by atoms with Gasteiger partial charge >= 0.3 is 6.03 Å². The van der Waals surface area contributed by atoms with Crippen LogP contribution >= 0.6 is 0 Å². The summed E-state index contributed by atoms with van der Waals surface area (Å²) in [5.74, 6) is -0.350. The van der Waals surface area contributed by atoms with Crippen molar-refractivity contribution >= 4 is 34.2 Å². The number of para-hydroxylation sites is 2. The van der Waals surface area contributed by atoms with Crippen LogP contribution in [0.5, 0.6) is 0 Å². The van der Waals surface area contributed by atoms with Gasteiger partial charge in [-0.25, -0.2) is 9.18 Å². The number of H-pyrrole nitrogens is 1. The average molecular weight is 583 g/mol. The van der Waals surface area contributed by atoms with Gasteiger partial charge in [0.2, 0.25) is 5.91 Å². The number of urea groups is 1. The highest BCUT2D eigenvalue weighted by molar-refractivity contribution is 6.00. The molecule has 6 rings (SSSR count). The standard InChI is InChI=1S/C34H39FN6O2/c1-38(2)22-24-18-25-19-27(35)12-13-32(25)41(23-24)33(42)31(20-26-21-36-30-11-7-6-10-29(26)30)37-34(43)40-16-14-39(15-17-40)28-8-4-3-5-9-28/h3-13,19,21,24,31,36H,14-18,20,22-23H2,1-2H3,(H,37,43)/t24?,31-/m1/s1. The van der Waals surface area contributed by atoms with Crippen LogP contribution in [0.25, 0.3) is 10.9 Å². The van der Waals surface area contributed by atoms with Crippen molar-refractivity contribution in [1.82, 2.24) is 20.1 Å². The normalized spacial score (nSPS) is 17.7. The molecule has 8 nitrogen and oxygen atoms in total. The summed E-state index contributed by atoms with van der Waals surface area (Å²) >= 11 is 0. The van der Waals surface area contributed by atoms with Crippen LogP contribution in [0.2, 0.25) is 0 Å². The maximum Gasteiger partial charge on any atom is 0.318 e. The molecule has 2 atom stereocenters. The summed E-state index contributed by atoms with van der Waals surface area (Å²) < 4.78 is 14.3. The fourth-order valence-corrected chi connectivity index (χ4v) is 6.52. The lowest BCUT2D eigenvalue weighted by atomic mass is 9.91. The summed E-state index contributed by atoms with van der Waals surface area (Å²) in [5.41, 5.74) is 4.63. The zero-order valence-electron chi connectivity index (χ0n) is 24.8. The number of aromatic nitrogens is 1. The minimum Gasteiger partial charge on any atom is -0.368 e. The fourth-order valence-electron chi connectivity index (χ4n) is 6.52. The number of nitrogens with zero attached hydrogens (tertiary/aromatic N) is 4. The van der Waals surface area contributed by atoms with Crippen molar-refractivity contribution in [2.24, 2.45) is 5.92 Å².